The zero-order valence-electron chi connectivity index (χ0n) is 21.2. The molecule has 0 saturated heterocycles. The van der Waals surface area contributed by atoms with E-state index in [1.54, 1.807) is 0 Å². The topological polar surface area (TPSA) is 12.0 Å². The fraction of sp³-hybridized carbons (Fsp3) is 1.00. The standard InChI is InChI=1S/C30H57N/c1-2-8-12-17-23-28(24-18-13-9-3-1)31-30-26-20-14-19-25-29(30)27-21-15-10-6-4-5-7-11-16-22-27/h27-31H,1-26H2. The minimum Gasteiger partial charge on any atom is -0.311 e. The summed E-state index contributed by atoms with van der Waals surface area (Å²) in [5.41, 5.74) is 0. The highest BCUT2D eigenvalue weighted by Gasteiger charge is 2.31. The monoisotopic (exact) mass is 431 g/mol. The maximum Gasteiger partial charge on any atom is 0.0101 e. The Hall–Kier alpha value is -0.0400. The maximum absolute atomic E-state index is 4.37. The molecule has 2 atom stereocenters. The first kappa shape index (κ1) is 25.6. The zero-order chi connectivity index (χ0) is 21.4. The molecule has 0 radical (unpaired) electrons. The molecule has 1 N–H and O–H groups in total. The number of rotatable bonds is 3. The van der Waals surface area contributed by atoms with Crippen LogP contribution in [0.3, 0.4) is 0 Å². The Morgan fingerprint density at radius 1 is 0.323 bits per heavy atom. The molecule has 0 bridgehead atoms. The SMILES string of the molecule is C1CCCCCC(NC2CCCCCC2C2CCCCCCCCCC2)CCCCC1. The predicted molar refractivity (Wildman–Crippen MR) is 138 cm³/mol. The van der Waals surface area contributed by atoms with Gasteiger partial charge in [-0.15, -0.1) is 0 Å². The van der Waals surface area contributed by atoms with Crippen LogP contribution in [0.5, 0.6) is 0 Å². The minimum atomic E-state index is 0.813. The smallest absolute Gasteiger partial charge is 0.0101 e. The van der Waals surface area contributed by atoms with Crippen molar-refractivity contribution in [1.82, 2.24) is 5.32 Å². The van der Waals surface area contributed by atoms with Gasteiger partial charge in [0.25, 0.3) is 0 Å². The second kappa shape index (κ2) is 16.6. The van der Waals surface area contributed by atoms with Crippen molar-refractivity contribution >= 4 is 0 Å². The van der Waals surface area contributed by atoms with Crippen LogP contribution in [0, 0.1) is 11.8 Å². The van der Waals surface area contributed by atoms with Crippen LogP contribution in [0.15, 0.2) is 0 Å². The Labute approximate surface area is 196 Å². The molecule has 1 nitrogen and oxygen atoms in total. The van der Waals surface area contributed by atoms with Gasteiger partial charge in [-0.3, -0.25) is 0 Å². The highest BCUT2D eigenvalue weighted by atomic mass is 15.0. The molecule has 0 amide bonds. The summed E-state index contributed by atoms with van der Waals surface area (Å²) < 4.78 is 0. The summed E-state index contributed by atoms with van der Waals surface area (Å²) in [6, 6.07) is 1.64. The van der Waals surface area contributed by atoms with E-state index in [0.29, 0.717) is 0 Å². The lowest BCUT2D eigenvalue weighted by Crippen LogP contribution is -2.45. The maximum atomic E-state index is 4.37. The number of nitrogens with one attached hydrogen (secondary N) is 1. The Morgan fingerprint density at radius 3 is 1.19 bits per heavy atom. The molecular formula is C30H57N. The summed E-state index contributed by atoms with van der Waals surface area (Å²) in [4.78, 5) is 0. The third-order valence-electron chi connectivity index (χ3n) is 9.13. The van der Waals surface area contributed by atoms with Gasteiger partial charge in [0.2, 0.25) is 0 Å². The van der Waals surface area contributed by atoms with Gasteiger partial charge in [0.05, 0.1) is 0 Å². The minimum absolute atomic E-state index is 0.813. The van der Waals surface area contributed by atoms with Gasteiger partial charge in [-0.2, -0.15) is 0 Å². The highest BCUT2D eigenvalue weighted by molar-refractivity contribution is 4.87. The van der Waals surface area contributed by atoms with Gasteiger partial charge in [-0.25, -0.2) is 0 Å². The quantitative estimate of drug-likeness (QED) is 0.438. The predicted octanol–water partition coefficient (Wildman–Crippen LogP) is 9.73. The van der Waals surface area contributed by atoms with E-state index in [9.17, 15) is 0 Å². The lowest BCUT2D eigenvalue weighted by molar-refractivity contribution is 0.186. The Bertz CT molecular complexity index is 395. The fourth-order valence-corrected chi connectivity index (χ4v) is 7.19. The molecule has 3 rings (SSSR count). The summed E-state index contributed by atoms with van der Waals surface area (Å²) >= 11 is 0. The van der Waals surface area contributed by atoms with Crippen LogP contribution in [0.1, 0.15) is 167 Å². The van der Waals surface area contributed by atoms with Crippen LogP contribution in [-0.2, 0) is 0 Å². The summed E-state index contributed by atoms with van der Waals surface area (Å²) in [5, 5.41) is 4.37. The van der Waals surface area contributed by atoms with Crippen molar-refractivity contribution in [3.8, 4) is 0 Å². The number of hydrogen-bond donors (Lipinski definition) is 1. The van der Waals surface area contributed by atoms with Crippen molar-refractivity contribution in [3.63, 3.8) is 0 Å². The van der Waals surface area contributed by atoms with E-state index in [1.807, 2.05) is 0 Å². The summed E-state index contributed by atoms with van der Waals surface area (Å²) in [6.45, 7) is 0. The molecule has 3 aliphatic carbocycles. The van der Waals surface area contributed by atoms with E-state index in [1.165, 1.54) is 167 Å². The third-order valence-corrected chi connectivity index (χ3v) is 9.13. The lowest BCUT2D eigenvalue weighted by atomic mass is 9.76. The molecule has 0 aromatic carbocycles. The van der Waals surface area contributed by atoms with Crippen LogP contribution < -0.4 is 5.32 Å². The van der Waals surface area contributed by atoms with Gasteiger partial charge in [-0.1, -0.05) is 141 Å². The summed E-state index contributed by atoms with van der Waals surface area (Å²) in [7, 11) is 0. The van der Waals surface area contributed by atoms with Crippen molar-refractivity contribution in [2.75, 3.05) is 0 Å². The highest BCUT2D eigenvalue weighted by Crippen LogP contribution is 2.36. The lowest BCUT2D eigenvalue weighted by Gasteiger charge is -2.36. The normalized spacial score (nSPS) is 31.0. The first-order chi connectivity index (χ1) is 15.4. The van der Waals surface area contributed by atoms with Crippen molar-refractivity contribution < 1.29 is 0 Å². The Balaban J connectivity index is 1.58. The van der Waals surface area contributed by atoms with E-state index >= 15 is 0 Å². The van der Waals surface area contributed by atoms with Crippen molar-refractivity contribution in [2.24, 2.45) is 11.8 Å². The molecule has 0 spiro atoms. The average Bonchev–Trinajstić information content (AvgIpc) is 3.03. The van der Waals surface area contributed by atoms with E-state index in [4.69, 9.17) is 0 Å². The molecule has 31 heavy (non-hydrogen) atoms. The molecule has 182 valence electrons. The van der Waals surface area contributed by atoms with Crippen molar-refractivity contribution in [2.45, 2.75) is 179 Å². The van der Waals surface area contributed by atoms with Gasteiger partial charge >= 0.3 is 0 Å². The van der Waals surface area contributed by atoms with E-state index in [-0.39, 0.29) is 0 Å². The van der Waals surface area contributed by atoms with Crippen LogP contribution in [0.25, 0.3) is 0 Å². The van der Waals surface area contributed by atoms with Crippen LogP contribution in [0.2, 0.25) is 0 Å². The van der Waals surface area contributed by atoms with Crippen molar-refractivity contribution in [1.29, 1.82) is 0 Å². The van der Waals surface area contributed by atoms with E-state index in [2.05, 4.69) is 5.32 Å². The molecule has 3 saturated carbocycles. The molecule has 0 aromatic heterocycles. The molecule has 2 unspecified atom stereocenters. The van der Waals surface area contributed by atoms with Gasteiger partial charge in [0.1, 0.15) is 0 Å². The van der Waals surface area contributed by atoms with Gasteiger partial charge in [0.15, 0.2) is 0 Å². The average molecular weight is 432 g/mol. The second-order valence-electron chi connectivity index (χ2n) is 11.7. The largest absolute Gasteiger partial charge is 0.311 e. The molecule has 3 aliphatic rings. The zero-order valence-corrected chi connectivity index (χ0v) is 21.2. The number of hydrogen-bond acceptors (Lipinski definition) is 1. The third kappa shape index (κ3) is 10.6. The molecule has 0 aliphatic heterocycles. The summed E-state index contributed by atoms with van der Waals surface area (Å²) in [5.74, 6) is 1.99. The van der Waals surface area contributed by atoms with Crippen LogP contribution in [0.4, 0.5) is 0 Å². The Kier molecular flexibility index (Phi) is 13.7. The second-order valence-corrected chi connectivity index (χ2v) is 11.7. The van der Waals surface area contributed by atoms with Crippen LogP contribution >= 0.6 is 0 Å². The molecule has 1 heteroatoms. The van der Waals surface area contributed by atoms with Gasteiger partial charge in [-0.05, 0) is 37.5 Å². The van der Waals surface area contributed by atoms with E-state index in [0.717, 1.165) is 23.9 Å². The van der Waals surface area contributed by atoms with Gasteiger partial charge < -0.3 is 5.32 Å². The van der Waals surface area contributed by atoms with Crippen LogP contribution in [-0.4, -0.2) is 12.1 Å². The van der Waals surface area contributed by atoms with Gasteiger partial charge in [0, 0.05) is 12.1 Å². The molecular weight excluding hydrogens is 374 g/mol. The fourth-order valence-electron chi connectivity index (χ4n) is 7.19. The molecule has 0 heterocycles. The van der Waals surface area contributed by atoms with Crippen molar-refractivity contribution in [3.05, 3.63) is 0 Å². The Morgan fingerprint density at radius 2 is 0.677 bits per heavy atom. The molecule has 0 aromatic rings. The summed E-state index contributed by atoms with van der Waals surface area (Å²) in [6.07, 6.45) is 38.8. The molecule has 3 fully saturated rings. The first-order valence-electron chi connectivity index (χ1n) is 15.2. The first-order valence-corrected chi connectivity index (χ1v) is 15.2. The van der Waals surface area contributed by atoms with E-state index < -0.39 is 0 Å².